The molecule has 1 heterocycles. The lowest BCUT2D eigenvalue weighted by Crippen LogP contribution is -2.50. The highest BCUT2D eigenvalue weighted by atomic mass is 16.5. The van der Waals surface area contributed by atoms with Gasteiger partial charge >= 0.3 is 5.97 Å². The van der Waals surface area contributed by atoms with Crippen LogP contribution in [0, 0.1) is 13.8 Å². The van der Waals surface area contributed by atoms with Crippen LogP contribution in [0.3, 0.4) is 0 Å². The van der Waals surface area contributed by atoms with Crippen LogP contribution in [0.25, 0.3) is 10.8 Å². The molecule has 0 saturated carbocycles. The van der Waals surface area contributed by atoms with Crippen LogP contribution < -0.4 is 4.90 Å². The maximum Gasteiger partial charge on any atom is 0.342 e. The number of fused-ring (bicyclic) bond motifs is 1. The first-order chi connectivity index (χ1) is 14.9. The van der Waals surface area contributed by atoms with Gasteiger partial charge < -0.3 is 19.6 Å². The number of aromatic hydroxyl groups is 1. The Morgan fingerprint density at radius 2 is 1.61 bits per heavy atom. The summed E-state index contributed by atoms with van der Waals surface area (Å²) in [6.45, 7) is 6.49. The molecule has 0 aromatic heterocycles. The highest BCUT2D eigenvalue weighted by Gasteiger charge is 2.24. The van der Waals surface area contributed by atoms with Crippen LogP contribution in [0.1, 0.15) is 21.5 Å². The molecule has 6 nitrogen and oxygen atoms in total. The molecule has 4 rings (SSSR count). The molecule has 0 radical (unpaired) electrons. The molecular formula is C25H26N2O4. The number of rotatable bonds is 4. The second-order valence-corrected chi connectivity index (χ2v) is 7.88. The summed E-state index contributed by atoms with van der Waals surface area (Å²) in [4.78, 5) is 29.0. The summed E-state index contributed by atoms with van der Waals surface area (Å²) in [6, 6.07) is 16.8. The van der Waals surface area contributed by atoms with E-state index < -0.39 is 5.97 Å². The molecular weight excluding hydrogens is 392 g/mol. The Morgan fingerprint density at radius 3 is 2.32 bits per heavy atom. The number of carbonyl (C=O) groups excluding carboxylic acids is 2. The second kappa shape index (κ2) is 8.68. The van der Waals surface area contributed by atoms with Crippen LogP contribution in [-0.4, -0.2) is 54.7 Å². The minimum Gasteiger partial charge on any atom is -0.507 e. The van der Waals surface area contributed by atoms with E-state index in [9.17, 15) is 14.7 Å². The molecule has 1 amide bonds. The third kappa shape index (κ3) is 4.33. The fourth-order valence-corrected chi connectivity index (χ4v) is 3.96. The minimum atomic E-state index is -0.703. The fraction of sp³-hybridized carbons (Fsp3) is 0.280. The number of carbonyl (C=O) groups is 2. The SMILES string of the molecule is Cc1cccc(N2CCN(C(=O)COC(=O)c3cc4ccccc4cc3O)CC2)c1C. The number of piperazine rings is 1. The largest absolute Gasteiger partial charge is 0.507 e. The van der Waals surface area contributed by atoms with Gasteiger partial charge in [-0.15, -0.1) is 0 Å². The van der Waals surface area contributed by atoms with Crippen molar-refractivity contribution in [3.05, 3.63) is 71.3 Å². The van der Waals surface area contributed by atoms with Gasteiger partial charge in [0.1, 0.15) is 11.3 Å². The highest BCUT2D eigenvalue weighted by Crippen LogP contribution is 2.26. The van der Waals surface area contributed by atoms with Crippen molar-refractivity contribution in [3.63, 3.8) is 0 Å². The summed E-state index contributed by atoms with van der Waals surface area (Å²) >= 11 is 0. The highest BCUT2D eigenvalue weighted by molar-refractivity contribution is 5.99. The van der Waals surface area contributed by atoms with Gasteiger partial charge in [0.25, 0.3) is 5.91 Å². The first-order valence-electron chi connectivity index (χ1n) is 10.4. The summed E-state index contributed by atoms with van der Waals surface area (Å²) in [5, 5.41) is 11.8. The fourth-order valence-electron chi connectivity index (χ4n) is 3.96. The summed E-state index contributed by atoms with van der Waals surface area (Å²) in [6.07, 6.45) is 0. The molecule has 3 aromatic carbocycles. The van der Waals surface area contributed by atoms with Crippen molar-refractivity contribution >= 4 is 28.3 Å². The number of nitrogens with zero attached hydrogens (tertiary/aromatic N) is 2. The minimum absolute atomic E-state index is 0.0613. The molecule has 160 valence electrons. The summed E-state index contributed by atoms with van der Waals surface area (Å²) in [5.41, 5.74) is 3.77. The first-order valence-corrected chi connectivity index (χ1v) is 10.4. The van der Waals surface area contributed by atoms with Gasteiger partial charge in [-0.2, -0.15) is 0 Å². The smallest absolute Gasteiger partial charge is 0.342 e. The number of hydrogen-bond donors (Lipinski definition) is 1. The molecule has 0 spiro atoms. The Bertz CT molecular complexity index is 1130. The van der Waals surface area contributed by atoms with Gasteiger partial charge in [-0.05, 0) is 53.9 Å². The normalized spacial score (nSPS) is 14.0. The van der Waals surface area contributed by atoms with E-state index in [0.717, 1.165) is 23.9 Å². The van der Waals surface area contributed by atoms with Gasteiger partial charge in [0.05, 0.1) is 0 Å². The topological polar surface area (TPSA) is 70.1 Å². The van der Waals surface area contributed by atoms with Crippen molar-refractivity contribution in [1.82, 2.24) is 4.90 Å². The van der Waals surface area contributed by atoms with E-state index in [4.69, 9.17) is 4.74 Å². The molecule has 0 aliphatic carbocycles. The van der Waals surface area contributed by atoms with Crippen molar-refractivity contribution in [3.8, 4) is 5.75 Å². The van der Waals surface area contributed by atoms with Gasteiger partial charge in [0.2, 0.25) is 0 Å². The molecule has 31 heavy (non-hydrogen) atoms. The molecule has 1 aliphatic rings. The van der Waals surface area contributed by atoms with Crippen molar-refractivity contribution < 1.29 is 19.4 Å². The van der Waals surface area contributed by atoms with E-state index in [-0.39, 0.29) is 23.8 Å². The number of esters is 1. The number of phenols is 1. The number of anilines is 1. The van der Waals surface area contributed by atoms with Crippen LogP contribution in [0.2, 0.25) is 0 Å². The Balaban J connectivity index is 1.34. The zero-order chi connectivity index (χ0) is 22.0. The lowest BCUT2D eigenvalue weighted by atomic mass is 10.1. The average Bonchev–Trinajstić information content (AvgIpc) is 2.78. The van der Waals surface area contributed by atoms with Crippen molar-refractivity contribution in [2.75, 3.05) is 37.7 Å². The summed E-state index contributed by atoms with van der Waals surface area (Å²) in [5.74, 6) is -1.09. The predicted molar refractivity (Wildman–Crippen MR) is 121 cm³/mol. The number of amides is 1. The molecule has 1 fully saturated rings. The van der Waals surface area contributed by atoms with Crippen LogP contribution in [-0.2, 0) is 9.53 Å². The van der Waals surface area contributed by atoms with E-state index in [0.29, 0.717) is 13.1 Å². The summed E-state index contributed by atoms with van der Waals surface area (Å²) in [7, 11) is 0. The monoisotopic (exact) mass is 418 g/mol. The number of aryl methyl sites for hydroxylation is 1. The zero-order valence-electron chi connectivity index (χ0n) is 17.8. The molecule has 0 atom stereocenters. The molecule has 0 bridgehead atoms. The Morgan fingerprint density at radius 1 is 0.935 bits per heavy atom. The Labute approximate surface area is 181 Å². The lowest BCUT2D eigenvalue weighted by Gasteiger charge is -2.37. The number of ether oxygens (including phenoxy) is 1. The van der Waals surface area contributed by atoms with Crippen molar-refractivity contribution in [2.24, 2.45) is 0 Å². The third-order valence-corrected chi connectivity index (χ3v) is 5.96. The average molecular weight is 418 g/mol. The zero-order valence-corrected chi connectivity index (χ0v) is 17.8. The Kier molecular flexibility index (Phi) is 5.80. The standard InChI is InChI=1S/C25H26N2O4/c1-17-6-5-9-22(18(17)2)26-10-12-27(13-11-26)24(29)16-31-25(30)21-14-19-7-3-4-8-20(19)15-23(21)28/h3-9,14-15,28H,10-13,16H2,1-2H3. The van der Waals surface area contributed by atoms with Gasteiger partial charge in [0, 0.05) is 31.9 Å². The van der Waals surface area contributed by atoms with Gasteiger partial charge in [-0.1, -0.05) is 36.4 Å². The molecule has 1 N–H and O–H groups in total. The van der Waals surface area contributed by atoms with Crippen LogP contribution in [0.4, 0.5) is 5.69 Å². The maximum absolute atomic E-state index is 12.6. The van der Waals surface area contributed by atoms with Crippen LogP contribution in [0.15, 0.2) is 54.6 Å². The van der Waals surface area contributed by atoms with Crippen LogP contribution in [0.5, 0.6) is 5.75 Å². The number of phenolic OH excluding ortho intramolecular Hbond substituents is 1. The Hall–Kier alpha value is -3.54. The predicted octanol–water partition coefficient (Wildman–Crippen LogP) is 3.67. The van der Waals surface area contributed by atoms with E-state index in [1.807, 2.05) is 24.3 Å². The van der Waals surface area contributed by atoms with E-state index in [1.165, 1.54) is 22.9 Å². The second-order valence-electron chi connectivity index (χ2n) is 7.88. The van der Waals surface area contributed by atoms with E-state index >= 15 is 0 Å². The van der Waals surface area contributed by atoms with E-state index in [1.54, 1.807) is 11.0 Å². The molecule has 1 aliphatic heterocycles. The molecule has 6 heteroatoms. The number of benzene rings is 3. The van der Waals surface area contributed by atoms with Gasteiger partial charge in [0.15, 0.2) is 6.61 Å². The van der Waals surface area contributed by atoms with Gasteiger partial charge in [-0.25, -0.2) is 4.79 Å². The quantitative estimate of drug-likeness (QED) is 0.655. The van der Waals surface area contributed by atoms with Crippen molar-refractivity contribution in [1.29, 1.82) is 0 Å². The first kappa shape index (κ1) is 20.7. The third-order valence-electron chi connectivity index (χ3n) is 5.96. The van der Waals surface area contributed by atoms with E-state index in [2.05, 4.69) is 36.9 Å². The molecule has 1 saturated heterocycles. The summed E-state index contributed by atoms with van der Waals surface area (Å²) < 4.78 is 5.22. The van der Waals surface area contributed by atoms with Crippen molar-refractivity contribution in [2.45, 2.75) is 13.8 Å². The molecule has 3 aromatic rings. The van der Waals surface area contributed by atoms with Gasteiger partial charge in [-0.3, -0.25) is 4.79 Å². The molecule has 0 unspecified atom stereocenters. The van der Waals surface area contributed by atoms with Crippen LogP contribution >= 0.6 is 0 Å². The lowest BCUT2D eigenvalue weighted by molar-refractivity contribution is -0.134. The maximum atomic E-state index is 12.6. The number of hydrogen-bond acceptors (Lipinski definition) is 5.